The number of benzene rings is 1. The molecule has 1 aliphatic rings. The van der Waals surface area contributed by atoms with Crippen molar-refractivity contribution in [2.75, 3.05) is 18.5 Å². The number of carbonyl (C=O) groups excluding carboxylic acids is 2. The molecule has 0 saturated heterocycles. The molecule has 0 saturated carbocycles. The highest BCUT2D eigenvalue weighted by atomic mass is 127. The Morgan fingerprint density at radius 2 is 2.19 bits per heavy atom. The van der Waals surface area contributed by atoms with Crippen molar-refractivity contribution >= 4 is 50.9 Å². The Kier molecular flexibility index (Phi) is 5.78. The van der Waals surface area contributed by atoms with Crippen molar-refractivity contribution in [2.45, 2.75) is 19.9 Å². The molecule has 1 aliphatic heterocycles. The van der Waals surface area contributed by atoms with E-state index in [0.717, 1.165) is 14.0 Å². The molecule has 6 nitrogen and oxygen atoms in total. The Bertz CT molecular complexity index is 904. The summed E-state index contributed by atoms with van der Waals surface area (Å²) in [5.74, 6) is -0.243. The Labute approximate surface area is 168 Å². The molecule has 2 amide bonds. The zero-order valence-corrected chi connectivity index (χ0v) is 17.0. The molecule has 1 aromatic heterocycles. The van der Waals surface area contributed by atoms with E-state index in [1.807, 2.05) is 12.1 Å². The fourth-order valence-corrected chi connectivity index (χ4v) is 4.64. The van der Waals surface area contributed by atoms with Gasteiger partial charge in [0.15, 0.2) is 0 Å². The number of hydrogen-bond donors (Lipinski definition) is 1. The number of amides is 2. The Balaban J connectivity index is 1.84. The second-order valence-corrected chi connectivity index (χ2v) is 7.89. The van der Waals surface area contributed by atoms with Gasteiger partial charge in [0.2, 0.25) is 0 Å². The highest BCUT2D eigenvalue weighted by Gasteiger charge is 2.28. The minimum Gasteiger partial charge on any atom is -0.450 e. The van der Waals surface area contributed by atoms with Crippen molar-refractivity contribution in [2.24, 2.45) is 0 Å². The summed E-state index contributed by atoms with van der Waals surface area (Å²) >= 11 is 3.46. The molecule has 2 heterocycles. The van der Waals surface area contributed by atoms with Gasteiger partial charge in [-0.3, -0.25) is 4.79 Å². The number of carbonyl (C=O) groups is 2. The van der Waals surface area contributed by atoms with Gasteiger partial charge in [-0.1, -0.05) is 12.1 Å². The summed E-state index contributed by atoms with van der Waals surface area (Å²) in [5, 5.41) is 13.0. The summed E-state index contributed by atoms with van der Waals surface area (Å²) in [7, 11) is 0. The first-order valence-electron chi connectivity index (χ1n) is 8.07. The molecule has 0 fully saturated rings. The maximum atomic E-state index is 12.6. The Morgan fingerprint density at radius 1 is 1.42 bits per heavy atom. The van der Waals surface area contributed by atoms with Gasteiger partial charge in [-0.25, -0.2) is 4.79 Å². The van der Waals surface area contributed by atoms with E-state index in [0.29, 0.717) is 42.2 Å². The molecule has 2 aromatic rings. The Hall–Kier alpha value is -2.12. The first-order valence-corrected chi connectivity index (χ1v) is 9.96. The molecule has 0 spiro atoms. The van der Waals surface area contributed by atoms with Crippen LogP contribution in [0, 0.1) is 14.9 Å². The smallest absolute Gasteiger partial charge is 0.410 e. The number of rotatable bonds is 3. The number of fused-ring (bicyclic) bond motifs is 1. The van der Waals surface area contributed by atoms with E-state index in [4.69, 9.17) is 4.74 Å². The van der Waals surface area contributed by atoms with Crippen molar-refractivity contribution in [3.8, 4) is 6.07 Å². The van der Waals surface area contributed by atoms with Crippen LogP contribution in [0.25, 0.3) is 0 Å². The van der Waals surface area contributed by atoms with Crippen LogP contribution in [-0.4, -0.2) is 30.1 Å². The quantitative estimate of drug-likeness (QED) is 0.673. The molecular weight excluding hydrogens is 465 g/mol. The number of ether oxygens (including phenoxy) is 1. The van der Waals surface area contributed by atoms with Crippen LogP contribution in [0.4, 0.5) is 9.80 Å². The van der Waals surface area contributed by atoms with Crippen LogP contribution in [0.1, 0.15) is 33.3 Å². The topological polar surface area (TPSA) is 82.4 Å². The lowest BCUT2D eigenvalue weighted by molar-refractivity contribution is 0.102. The number of halogens is 1. The van der Waals surface area contributed by atoms with E-state index in [-0.39, 0.29) is 12.0 Å². The van der Waals surface area contributed by atoms with Crippen LogP contribution in [-0.2, 0) is 17.7 Å². The average Bonchev–Trinajstić information content (AvgIpc) is 2.98. The zero-order chi connectivity index (χ0) is 18.7. The molecule has 0 radical (unpaired) electrons. The highest BCUT2D eigenvalue weighted by molar-refractivity contribution is 14.1. The maximum Gasteiger partial charge on any atom is 0.410 e. The monoisotopic (exact) mass is 481 g/mol. The number of nitrogens with zero attached hydrogens (tertiary/aromatic N) is 2. The van der Waals surface area contributed by atoms with Gasteiger partial charge in [0.25, 0.3) is 5.91 Å². The van der Waals surface area contributed by atoms with E-state index in [1.165, 1.54) is 11.3 Å². The van der Waals surface area contributed by atoms with Crippen molar-refractivity contribution < 1.29 is 14.3 Å². The van der Waals surface area contributed by atoms with E-state index >= 15 is 0 Å². The first kappa shape index (κ1) is 18.7. The summed E-state index contributed by atoms with van der Waals surface area (Å²) in [4.78, 5) is 27.0. The summed E-state index contributed by atoms with van der Waals surface area (Å²) < 4.78 is 5.89. The highest BCUT2D eigenvalue weighted by Crippen LogP contribution is 2.37. The second-order valence-electron chi connectivity index (χ2n) is 5.62. The first-order chi connectivity index (χ1) is 12.5. The fourth-order valence-electron chi connectivity index (χ4n) is 2.80. The van der Waals surface area contributed by atoms with Crippen LogP contribution >= 0.6 is 33.9 Å². The molecule has 3 rings (SSSR count). The minimum atomic E-state index is -0.352. The van der Waals surface area contributed by atoms with Gasteiger partial charge in [0, 0.05) is 15.0 Å². The lowest BCUT2D eigenvalue weighted by Gasteiger charge is -2.25. The van der Waals surface area contributed by atoms with Gasteiger partial charge in [-0.05, 0) is 53.6 Å². The molecule has 1 aromatic carbocycles. The number of hydrogen-bond acceptors (Lipinski definition) is 5. The zero-order valence-electron chi connectivity index (χ0n) is 14.0. The summed E-state index contributed by atoms with van der Waals surface area (Å²) in [6, 6.07) is 9.48. The van der Waals surface area contributed by atoms with Gasteiger partial charge in [0.05, 0.1) is 24.3 Å². The number of nitrogens with one attached hydrogen (secondary N) is 1. The molecule has 0 atom stereocenters. The SMILES string of the molecule is CCOC(=O)N1CCc2c(sc(NC(=O)c3ccccc3I)c2C#N)C1. The molecule has 8 heteroatoms. The van der Waals surface area contributed by atoms with Crippen molar-refractivity contribution in [1.29, 1.82) is 5.26 Å². The third-order valence-corrected chi connectivity index (χ3v) is 6.11. The van der Waals surface area contributed by atoms with Gasteiger partial charge in [-0.2, -0.15) is 5.26 Å². The molecule has 0 aliphatic carbocycles. The van der Waals surface area contributed by atoms with E-state index in [2.05, 4.69) is 34.0 Å². The third-order valence-electron chi connectivity index (χ3n) is 4.04. The predicted molar refractivity (Wildman–Crippen MR) is 107 cm³/mol. The van der Waals surface area contributed by atoms with Crippen LogP contribution in [0.15, 0.2) is 24.3 Å². The van der Waals surface area contributed by atoms with E-state index in [1.54, 1.807) is 24.0 Å². The maximum absolute atomic E-state index is 12.6. The average molecular weight is 481 g/mol. The van der Waals surface area contributed by atoms with Crippen LogP contribution < -0.4 is 5.32 Å². The standard InChI is InChI=1S/C18H16IN3O3S/c1-2-25-18(24)22-8-7-11-13(9-20)17(26-15(11)10-22)21-16(23)12-5-3-4-6-14(12)19/h3-6H,2,7-8,10H2,1H3,(H,21,23). The molecule has 0 bridgehead atoms. The van der Waals surface area contributed by atoms with Gasteiger partial charge >= 0.3 is 6.09 Å². The normalized spacial score (nSPS) is 12.9. The number of thiophene rings is 1. The summed E-state index contributed by atoms with van der Waals surface area (Å²) in [6.45, 7) is 2.99. The summed E-state index contributed by atoms with van der Waals surface area (Å²) in [5.41, 5.74) is 1.97. The van der Waals surface area contributed by atoms with E-state index < -0.39 is 0 Å². The molecular formula is C18H16IN3O3S. The van der Waals surface area contributed by atoms with Crippen molar-refractivity contribution in [3.63, 3.8) is 0 Å². The van der Waals surface area contributed by atoms with Gasteiger partial charge in [-0.15, -0.1) is 11.3 Å². The van der Waals surface area contributed by atoms with Crippen LogP contribution in [0.5, 0.6) is 0 Å². The molecule has 0 unspecified atom stereocenters. The lowest BCUT2D eigenvalue weighted by Crippen LogP contribution is -2.35. The number of anilines is 1. The fraction of sp³-hybridized carbons (Fsp3) is 0.278. The number of nitriles is 1. The third kappa shape index (κ3) is 3.68. The van der Waals surface area contributed by atoms with Crippen molar-refractivity contribution in [3.05, 3.63) is 49.4 Å². The molecule has 134 valence electrons. The summed E-state index contributed by atoms with van der Waals surface area (Å²) in [6.07, 6.45) is 0.223. The minimum absolute atomic E-state index is 0.243. The van der Waals surface area contributed by atoms with Gasteiger partial charge in [0.1, 0.15) is 11.1 Å². The van der Waals surface area contributed by atoms with E-state index in [9.17, 15) is 14.9 Å². The Morgan fingerprint density at radius 3 is 2.88 bits per heavy atom. The van der Waals surface area contributed by atoms with Crippen molar-refractivity contribution in [1.82, 2.24) is 4.90 Å². The predicted octanol–water partition coefficient (Wildman–Crippen LogP) is 3.99. The van der Waals surface area contributed by atoms with Crippen LogP contribution in [0.3, 0.4) is 0 Å². The lowest BCUT2D eigenvalue weighted by atomic mass is 10.0. The molecule has 1 N–H and O–H groups in total. The largest absolute Gasteiger partial charge is 0.450 e. The second kappa shape index (κ2) is 8.05. The van der Waals surface area contributed by atoms with Crippen LogP contribution in [0.2, 0.25) is 0 Å². The molecule has 26 heavy (non-hydrogen) atoms. The van der Waals surface area contributed by atoms with Gasteiger partial charge < -0.3 is 15.0 Å².